The van der Waals surface area contributed by atoms with E-state index in [1.165, 1.54) is 17.1 Å². The second-order valence-corrected chi connectivity index (χ2v) is 7.97. The van der Waals surface area contributed by atoms with Crippen molar-refractivity contribution in [1.29, 1.82) is 0 Å². The van der Waals surface area contributed by atoms with E-state index in [0.29, 0.717) is 0 Å². The van der Waals surface area contributed by atoms with Gasteiger partial charge in [0.15, 0.2) is 0 Å². The molecule has 1 fully saturated rings. The van der Waals surface area contributed by atoms with Crippen LogP contribution in [0.1, 0.15) is 17.1 Å². The van der Waals surface area contributed by atoms with Crippen molar-refractivity contribution in [2.45, 2.75) is 38.4 Å². The number of alkyl halides is 6. The van der Waals surface area contributed by atoms with E-state index in [1.807, 2.05) is 12.3 Å². The predicted molar refractivity (Wildman–Crippen MR) is 113 cm³/mol. The third kappa shape index (κ3) is 10.4. The first kappa shape index (κ1) is 30.1. The summed E-state index contributed by atoms with van der Waals surface area (Å²) in [6, 6.07) is 2.05. The highest BCUT2D eigenvalue weighted by molar-refractivity contribution is 5.73. The van der Waals surface area contributed by atoms with Gasteiger partial charge in [0.2, 0.25) is 0 Å². The third-order valence-corrected chi connectivity index (χ3v) is 5.27. The van der Waals surface area contributed by atoms with Crippen molar-refractivity contribution in [2.24, 2.45) is 0 Å². The van der Waals surface area contributed by atoms with Crippen molar-refractivity contribution >= 4 is 11.9 Å². The minimum Gasteiger partial charge on any atom is -0.475 e. The molecule has 0 aromatic carbocycles. The van der Waals surface area contributed by atoms with E-state index in [0.717, 1.165) is 65.4 Å². The Morgan fingerprint density at radius 2 is 1.46 bits per heavy atom. The number of nitrogens with zero attached hydrogens (tertiary/aromatic N) is 4. The molecular weight excluding hydrogens is 518 g/mol. The van der Waals surface area contributed by atoms with Crippen LogP contribution in [0.25, 0.3) is 0 Å². The molecule has 0 amide bonds. The Kier molecular flexibility index (Phi) is 10.9. The number of morpholine rings is 1. The van der Waals surface area contributed by atoms with Crippen molar-refractivity contribution in [2.75, 3.05) is 39.4 Å². The number of furan rings is 1. The van der Waals surface area contributed by atoms with Crippen LogP contribution in [0.5, 0.6) is 0 Å². The highest BCUT2D eigenvalue weighted by Crippen LogP contribution is 2.16. The average Bonchev–Trinajstić information content (AvgIpc) is 3.41. The van der Waals surface area contributed by atoms with E-state index in [4.69, 9.17) is 29.0 Å². The Labute approximate surface area is 207 Å². The van der Waals surface area contributed by atoms with E-state index < -0.39 is 24.3 Å². The first-order valence-electron chi connectivity index (χ1n) is 10.9. The maximum absolute atomic E-state index is 10.6. The van der Waals surface area contributed by atoms with Crippen LogP contribution in [0, 0.1) is 0 Å². The van der Waals surface area contributed by atoms with Gasteiger partial charge in [-0.1, -0.05) is 0 Å². The Morgan fingerprint density at radius 1 is 0.892 bits per heavy atom. The number of aliphatic carboxylic acids is 2. The minimum atomic E-state index is -5.08. The molecule has 4 heterocycles. The molecule has 0 spiro atoms. The van der Waals surface area contributed by atoms with Gasteiger partial charge in [-0.25, -0.2) is 14.6 Å². The number of hydrogen-bond donors (Lipinski definition) is 2. The van der Waals surface area contributed by atoms with Gasteiger partial charge in [-0.2, -0.15) is 26.3 Å². The number of hydrogen-bond acceptors (Lipinski definition) is 7. The topological polar surface area (TPSA) is 121 Å². The van der Waals surface area contributed by atoms with E-state index in [9.17, 15) is 26.3 Å². The summed E-state index contributed by atoms with van der Waals surface area (Å²) in [7, 11) is 0. The lowest BCUT2D eigenvalue weighted by molar-refractivity contribution is -0.193. The number of carbonyl (C=O) groups is 2. The van der Waals surface area contributed by atoms with Crippen molar-refractivity contribution in [1.82, 2.24) is 19.4 Å². The summed E-state index contributed by atoms with van der Waals surface area (Å²) in [5.41, 5.74) is 2.59. The molecule has 4 rings (SSSR count). The number of carboxylic acids is 2. The lowest BCUT2D eigenvalue weighted by Gasteiger charge is -2.27. The number of halogens is 6. The Balaban J connectivity index is 0.000000286. The monoisotopic (exact) mass is 544 g/mol. The van der Waals surface area contributed by atoms with E-state index in [1.54, 1.807) is 6.26 Å². The van der Waals surface area contributed by atoms with Crippen molar-refractivity contribution in [3.63, 3.8) is 0 Å². The molecule has 10 nitrogen and oxygen atoms in total. The summed E-state index contributed by atoms with van der Waals surface area (Å²) in [5, 5.41) is 14.2. The number of ether oxygens (including phenoxy) is 1. The molecule has 1 saturated heterocycles. The molecule has 0 radical (unpaired) electrons. The van der Waals surface area contributed by atoms with Gasteiger partial charge in [0, 0.05) is 64.0 Å². The van der Waals surface area contributed by atoms with E-state index >= 15 is 0 Å². The largest absolute Gasteiger partial charge is 0.490 e. The molecule has 2 aliphatic rings. The smallest absolute Gasteiger partial charge is 0.475 e. The molecule has 208 valence electrons. The molecular formula is C21H26F6N4O6. The molecule has 16 heteroatoms. The summed E-state index contributed by atoms with van der Waals surface area (Å²) in [6.45, 7) is 8.81. The molecule has 2 aromatic heterocycles. The van der Waals surface area contributed by atoms with Crippen LogP contribution in [0.4, 0.5) is 26.3 Å². The average molecular weight is 544 g/mol. The lowest BCUT2D eigenvalue weighted by atomic mass is 10.3. The van der Waals surface area contributed by atoms with Crippen molar-refractivity contribution in [3.8, 4) is 0 Å². The van der Waals surface area contributed by atoms with Gasteiger partial charge in [-0.3, -0.25) is 9.80 Å². The fourth-order valence-corrected chi connectivity index (χ4v) is 3.45. The third-order valence-electron chi connectivity index (χ3n) is 5.27. The van der Waals surface area contributed by atoms with Gasteiger partial charge in [0.1, 0.15) is 5.82 Å². The van der Waals surface area contributed by atoms with Gasteiger partial charge in [-0.05, 0) is 6.07 Å². The first-order chi connectivity index (χ1) is 17.3. The van der Waals surface area contributed by atoms with Crippen molar-refractivity contribution < 1.29 is 55.3 Å². The summed E-state index contributed by atoms with van der Waals surface area (Å²) in [4.78, 5) is 27.4. The van der Waals surface area contributed by atoms with E-state index in [2.05, 4.69) is 25.5 Å². The normalized spacial score (nSPS) is 16.9. The zero-order valence-electron chi connectivity index (χ0n) is 19.5. The summed E-state index contributed by atoms with van der Waals surface area (Å²) >= 11 is 0. The van der Waals surface area contributed by atoms with Gasteiger partial charge in [0.05, 0.1) is 31.4 Å². The molecule has 37 heavy (non-hydrogen) atoms. The van der Waals surface area contributed by atoms with Crippen LogP contribution in [0.2, 0.25) is 0 Å². The number of fused-ring (bicyclic) bond motifs is 1. The Bertz CT molecular complexity index is 963. The van der Waals surface area contributed by atoms with Gasteiger partial charge in [0.25, 0.3) is 0 Å². The summed E-state index contributed by atoms with van der Waals surface area (Å²) < 4.78 is 76.5. The highest BCUT2D eigenvalue weighted by Gasteiger charge is 2.38. The second kappa shape index (κ2) is 13.4. The molecule has 2 aromatic rings. The van der Waals surface area contributed by atoms with Crippen LogP contribution in [0.3, 0.4) is 0 Å². The van der Waals surface area contributed by atoms with Gasteiger partial charge >= 0.3 is 24.3 Å². The first-order valence-corrected chi connectivity index (χ1v) is 10.9. The molecule has 0 unspecified atom stereocenters. The molecule has 2 aliphatic heterocycles. The summed E-state index contributed by atoms with van der Waals surface area (Å²) in [5.74, 6) is -4.29. The number of rotatable bonds is 4. The number of imidazole rings is 1. The minimum absolute atomic E-state index is 0.847. The quantitative estimate of drug-likeness (QED) is 0.560. The van der Waals surface area contributed by atoms with Crippen LogP contribution in [-0.4, -0.2) is 93.2 Å². The fourth-order valence-electron chi connectivity index (χ4n) is 3.45. The Morgan fingerprint density at radius 3 is 1.97 bits per heavy atom. The maximum Gasteiger partial charge on any atom is 0.490 e. The molecule has 0 saturated carbocycles. The highest BCUT2D eigenvalue weighted by atomic mass is 19.4. The lowest BCUT2D eigenvalue weighted by Crippen LogP contribution is -2.36. The molecule has 0 atom stereocenters. The van der Waals surface area contributed by atoms with Gasteiger partial charge < -0.3 is 23.9 Å². The van der Waals surface area contributed by atoms with Crippen LogP contribution >= 0.6 is 0 Å². The predicted octanol–water partition coefficient (Wildman–Crippen LogP) is 2.63. The molecule has 2 N–H and O–H groups in total. The molecule has 0 aliphatic carbocycles. The second-order valence-electron chi connectivity index (χ2n) is 7.97. The SMILES string of the molecule is O=C(O)C(F)(F)F.O=C(O)C(F)(F)F.c1cc(CN2CCc3ncc(CN4CCOCC4)n3CC2)co1. The van der Waals surface area contributed by atoms with Crippen LogP contribution in [0.15, 0.2) is 29.2 Å². The standard InChI is InChI=1S/C17H24N4O2.2C2HF3O2/c1-3-19(12-15-2-8-23-14-15)4-5-21-16(11-18-17(1)21)13-20-6-9-22-10-7-20;2*3-2(4,5)1(6)7/h2,8,11,14H,1,3-7,9-10,12-13H2;2*(H,6,7). The number of carboxylic acid groups (broad SMARTS) is 2. The fraction of sp³-hybridized carbons (Fsp3) is 0.571. The van der Waals surface area contributed by atoms with Crippen molar-refractivity contribution in [3.05, 3.63) is 41.9 Å². The zero-order valence-corrected chi connectivity index (χ0v) is 19.5. The van der Waals surface area contributed by atoms with Gasteiger partial charge in [-0.15, -0.1) is 0 Å². The number of aromatic nitrogens is 2. The van der Waals surface area contributed by atoms with Crippen LogP contribution < -0.4 is 0 Å². The maximum atomic E-state index is 10.6. The zero-order chi connectivity index (χ0) is 27.6. The summed E-state index contributed by atoms with van der Waals surface area (Å²) in [6.07, 6.45) is -3.50. The van der Waals surface area contributed by atoms with E-state index in [-0.39, 0.29) is 0 Å². The molecule has 0 bridgehead atoms. The van der Waals surface area contributed by atoms with Crippen LogP contribution in [-0.2, 0) is 40.4 Å². The Hall–Kier alpha value is -3.11.